The summed E-state index contributed by atoms with van der Waals surface area (Å²) in [5.74, 6) is -0.907. The van der Waals surface area contributed by atoms with Gasteiger partial charge in [-0.15, -0.1) is 0 Å². The van der Waals surface area contributed by atoms with Crippen molar-refractivity contribution in [3.8, 4) is 11.4 Å². The second kappa shape index (κ2) is 11.5. The second-order valence-electron chi connectivity index (χ2n) is 10.7. The molecule has 1 heterocycles. The molecular weight excluding hydrogens is 576 g/mol. The number of carbonyl (C=O) groups is 2. The molecule has 4 aromatic rings. The zero-order valence-electron chi connectivity index (χ0n) is 23.5. The molecule has 0 aliphatic carbocycles. The van der Waals surface area contributed by atoms with Crippen LogP contribution in [0, 0.1) is 5.41 Å². The van der Waals surface area contributed by atoms with Gasteiger partial charge in [0.15, 0.2) is 5.82 Å². The molecule has 0 atom stereocenters. The third-order valence-corrected chi connectivity index (χ3v) is 6.43. The van der Waals surface area contributed by atoms with E-state index in [2.05, 4.69) is 25.9 Å². The fraction of sp³-hybridized carbons (Fsp3) is 0.267. The number of rotatable bonds is 6. The van der Waals surface area contributed by atoms with Gasteiger partial charge in [0.05, 0.1) is 22.2 Å². The number of anilines is 2. The first kappa shape index (κ1) is 31.3. The van der Waals surface area contributed by atoms with Crippen LogP contribution in [0.4, 0.5) is 37.8 Å². The van der Waals surface area contributed by atoms with Crippen LogP contribution in [0.1, 0.15) is 47.8 Å². The Morgan fingerprint density at radius 2 is 1.49 bits per heavy atom. The number of hydrogen-bond donors (Lipinski definition) is 3. The molecule has 0 bridgehead atoms. The SMILES string of the molecule is CNc1nc(-c2ccc(C(F)(F)F)cc2)nc2cc(NC(=O)c3cc(CNC(=O)C(C)(C)C)ccc3C(F)(F)F)ccc12. The Balaban J connectivity index is 1.67. The maximum absolute atomic E-state index is 13.8. The van der Waals surface area contributed by atoms with E-state index in [-0.39, 0.29) is 29.5 Å². The van der Waals surface area contributed by atoms with Crippen LogP contribution in [-0.4, -0.2) is 28.8 Å². The highest BCUT2D eigenvalue weighted by atomic mass is 19.4. The molecule has 0 aliphatic rings. The van der Waals surface area contributed by atoms with Gasteiger partial charge in [-0.3, -0.25) is 9.59 Å². The number of halogens is 6. The molecule has 0 spiro atoms. The third-order valence-electron chi connectivity index (χ3n) is 6.43. The minimum Gasteiger partial charge on any atom is -0.373 e. The molecule has 226 valence electrons. The van der Waals surface area contributed by atoms with Crippen molar-refractivity contribution in [3.05, 3.63) is 82.9 Å². The molecule has 0 saturated heterocycles. The number of alkyl halides is 6. The monoisotopic (exact) mass is 603 g/mol. The van der Waals surface area contributed by atoms with E-state index in [1.807, 2.05) is 0 Å². The number of amides is 2. The molecule has 3 aromatic carbocycles. The molecule has 13 heteroatoms. The molecule has 0 radical (unpaired) electrons. The Hall–Kier alpha value is -4.68. The average molecular weight is 604 g/mol. The Labute approximate surface area is 242 Å². The quantitative estimate of drug-likeness (QED) is 0.201. The normalized spacial score (nSPS) is 12.2. The van der Waals surface area contributed by atoms with E-state index in [9.17, 15) is 35.9 Å². The molecule has 4 rings (SSSR count). The molecular formula is C30H27F6N5O2. The number of nitrogens with one attached hydrogen (secondary N) is 3. The summed E-state index contributed by atoms with van der Waals surface area (Å²) >= 11 is 0. The van der Waals surface area contributed by atoms with Gasteiger partial charge >= 0.3 is 12.4 Å². The maximum atomic E-state index is 13.8. The van der Waals surface area contributed by atoms with Gasteiger partial charge in [0.25, 0.3) is 5.91 Å². The van der Waals surface area contributed by atoms with Gasteiger partial charge in [-0.1, -0.05) is 39.0 Å². The van der Waals surface area contributed by atoms with Gasteiger partial charge in [0.1, 0.15) is 5.82 Å². The van der Waals surface area contributed by atoms with Crippen LogP contribution in [0.25, 0.3) is 22.3 Å². The number of aromatic nitrogens is 2. The van der Waals surface area contributed by atoms with E-state index < -0.39 is 40.4 Å². The molecule has 7 nitrogen and oxygen atoms in total. The van der Waals surface area contributed by atoms with Gasteiger partial charge in [0, 0.05) is 35.6 Å². The van der Waals surface area contributed by atoms with E-state index in [1.165, 1.54) is 30.3 Å². The first-order valence-corrected chi connectivity index (χ1v) is 12.9. The zero-order valence-corrected chi connectivity index (χ0v) is 23.5. The van der Waals surface area contributed by atoms with Crippen molar-refractivity contribution < 1.29 is 35.9 Å². The van der Waals surface area contributed by atoms with Crippen molar-refractivity contribution in [2.75, 3.05) is 17.7 Å². The predicted octanol–water partition coefficient (Wildman–Crippen LogP) is 7.29. The average Bonchev–Trinajstić information content (AvgIpc) is 2.93. The summed E-state index contributed by atoms with van der Waals surface area (Å²) in [6.07, 6.45) is -9.34. The Bertz CT molecular complexity index is 1680. The highest BCUT2D eigenvalue weighted by Crippen LogP contribution is 2.34. The molecule has 0 aliphatic heterocycles. The maximum Gasteiger partial charge on any atom is 0.417 e. The van der Waals surface area contributed by atoms with Gasteiger partial charge in [-0.25, -0.2) is 9.97 Å². The largest absolute Gasteiger partial charge is 0.417 e. The highest BCUT2D eigenvalue weighted by Gasteiger charge is 2.35. The Morgan fingerprint density at radius 1 is 0.814 bits per heavy atom. The van der Waals surface area contributed by atoms with E-state index in [1.54, 1.807) is 33.9 Å². The van der Waals surface area contributed by atoms with Crippen molar-refractivity contribution in [1.29, 1.82) is 0 Å². The lowest BCUT2D eigenvalue weighted by Gasteiger charge is -2.19. The van der Waals surface area contributed by atoms with Crippen LogP contribution in [0.5, 0.6) is 0 Å². The van der Waals surface area contributed by atoms with Crippen LogP contribution in [-0.2, 0) is 23.7 Å². The van der Waals surface area contributed by atoms with Crippen molar-refractivity contribution in [2.45, 2.75) is 39.7 Å². The number of nitrogens with zero attached hydrogens (tertiary/aromatic N) is 2. The lowest BCUT2D eigenvalue weighted by molar-refractivity contribution is -0.138. The fourth-order valence-corrected chi connectivity index (χ4v) is 4.12. The Morgan fingerprint density at radius 3 is 2.07 bits per heavy atom. The van der Waals surface area contributed by atoms with Gasteiger partial charge in [-0.05, 0) is 48.0 Å². The summed E-state index contributed by atoms with van der Waals surface area (Å²) in [4.78, 5) is 34.2. The Kier molecular flexibility index (Phi) is 8.39. The lowest BCUT2D eigenvalue weighted by Crippen LogP contribution is -2.34. The van der Waals surface area contributed by atoms with Crippen molar-refractivity contribution in [2.24, 2.45) is 5.41 Å². The van der Waals surface area contributed by atoms with Gasteiger partial charge in [-0.2, -0.15) is 26.3 Å². The minimum atomic E-state index is -4.82. The summed E-state index contributed by atoms with van der Waals surface area (Å²) in [7, 11) is 1.59. The van der Waals surface area contributed by atoms with E-state index in [4.69, 9.17) is 0 Å². The van der Waals surface area contributed by atoms with Crippen LogP contribution >= 0.6 is 0 Å². The number of fused-ring (bicyclic) bond motifs is 1. The second-order valence-corrected chi connectivity index (χ2v) is 10.7. The summed E-state index contributed by atoms with van der Waals surface area (Å²) in [6, 6.07) is 11.7. The topological polar surface area (TPSA) is 96.0 Å². The predicted molar refractivity (Wildman–Crippen MR) is 150 cm³/mol. The summed E-state index contributed by atoms with van der Waals surface area (Å²) in [5.41, 5.74) is -2.36. The van der Waals surface area contributed by atoms with Crippen molar-refractivity contribution in [3.63, 3.8) is 0 Å². The standard InChI is InChI=1S/C30H27F6N5O2/c1-28(2,3)27(43)38-15-16-5-12-22(30(34,35)36)21(13-16)26(42)39-19-10-11-20-23(14-19)40-24(41-25(20)37-4)17-6-8-18(9-7-17)29(31,32)33/h5-14H,15H2,1-4H3,(H,38,43)(H,39,42)(H,37,40,41). The van der Waals surface area contributed by atoms with Crippen LogP contribution in [0.3, 0.4) is 0 Å². The third kappa shape index (κ3) is 7.22. The minimum absolute atomic E-state index is 0.0824. The van der Waals surface area contributed by atoms with Crippen molar-refractivity contribution >= 4 is 34.2 Å². The molecule has 0 saturated carbocycles. The van der Waals surface area contributed by atoms with Crippen LogP contribution < -0.4 is 16.0 Å². The lowest BCUT2D eigenvalue weighted by atomic mass is 9.95. The summed E-state index contributed by atoms with van der Waals surface area (Å²) < 4.78 is 80.4. The molecule has 0 unspecified atom stereocenters. The van der Waals surface area contributed by atoms with Crippen molar-refractivity contribution in [1.82, 2.24) is 15.3 Å². The van der Waals surface area contributed by atoms with Gasteiger partial charge in [0.2, 0.25) is 5.91 Å². The summed E-state index contributed by atoms with van der Waals surface area (Å²) in [6.45, 7) is 4.98. The highest BCUT2D eigenvalue weighted by molar-refractivity contribution is 6.06. The van der Waals surface area contributed by atoms with Crippen LogP contribution in [0.15, 0.2) is 60.7 Å². The number of hydrogen-bond acceptors (Lipinski definition) is 5. The van der Waals surface area contributed by atoms with E-state index >= 15 is 0 Å². The fourth-order valence-electron chi connectivity index (χ4n) is 4.12. The first-order chi connectivity index (χ1) is 20.0. The van der Waals surface area contributed by atoms with E-state index in [0.29, 0.717) is 22.3 Å². The van der Waals surface area contributed by atoms with Gasteiger partial charge < -0.3 is 16.0 Å². The smallest absolute Gasteiger partial charge is 0.373 e. The number of carbonyl (C=O) groups excluding carboxylic acids is 2. The molecule has 1 aromatic heterocycles. The molecule has 2 amide bonds. The van der Waals surface area contributed by atoms with Crippen LogP contribution in [0.2, 0.25) is 0 Å². The number of benzene rings is 3. The molecule has 0 fully saturated rings. The van der Waals surface area contributed by atoms with E-state index in [0.717, 1.165) is 24.3 Å². The molecule has 43 heavy (non-hydrogen) atoms. The first-order valence-electron chi connectivity index (χ1n) is 12.9. The molecule has 3 N–H and O–H groups in total. The summed E-state index contributed by atoms with van der Waals surface area (Å²) in [5, 5.41) is 8.50. The zero-order chi connectivity index (χ0) is 31.7.